The lowest BCUT2D eigenvalue weighted by atomic mass is 10.8. The van der Waals surface area contributed by atoms with E-state index >= 15 is 0 Å². The molecule has 0 unspecified atom stereocenters. The normalized spacial score (nSPS) is 9.22. The number of hydrogen-bond donors (Lipinski definition) is 1. The molecule has 0 heterocycles. The molecule has 0 spiro atoms. The molecule has 0 aromatic rings. The Kier molecular flexibility index (Phi) is 5.73. The second-order valence-corrected chi connectivity index (χ2v) is 3.80. The fourth-order valence-electron chi connectivity index (χ4n) is 0.327. The summed E-state index contributed by atoms with van der Waals surface area (Å²) < 4.78 is 2.63. The van der Waals surface area contributed by atoms with Crippen LogP contribution in [0.5, 0.6) is 0 Å². The van der Waals surface area contributed by atoms with Gasteiger partial charge in [0, 0.05) is 6.54 Å². The Balaban J connectivity index is 3.46. The van der Waals surface area contributed by atoms with Crippen molar-refractivity contribution in [2.45, 2.75) is 13.8 Å². The van der Waals surface area contributed by atoms with Gasteiger partial charge >= 0.3 is 0 Å². The Morgan fingerprint density at radius 3 is 2.56 bits per heavy atom. The summed E-state index contributed by atoms with van der Waals surface area (Å²) in [5.41, 5.74) is 0. The van der Waals surface area contributed by atoms with Crippen molar-refractivity contribution < 1.29 is 0 Å². The van der Waals surface area contributed by atoms with Crippen molar-refractivity contribution in [1.29, 1.82) is 0 Å². The molecule has 0 aliphatic rings. The van der Waals surface area contributed by atoms with Gasteiger partial charge in [0.25, 0.3) is 0 Å². The van der Waals surface area contributed by atoms with Crippen LogP contribution in [0.3, 0.4) is 0 Å². The summed E-state index contributed by atoms with van der Waals surface area (Å²) in [5.74, 6) is 1.02. The van der Waals surface area contributed by atoms with Crippen LogP contribution < -0.4 is 0 Å². The van der Waals surface area contributed by atoms with Crippen LogP contribution in [0.15, 0.2) is 0 Å². The number of thiol groups is 1. The number of hydrogen-bond acceptors (Lipinski definition) is 3. The Labute approximate surface area is 71.7 Å². The molecule has 0 aliphatic carbocycles. The van der Waals surface area contributed by atoms with Crippen LogP contribution in [-0.4, -0.2) is 20.9 Å². The van der Waals surface area contributed by atoms with Gasteiger partial charge in [-0.1, -0.05) is 43.7 Å². The number of nitrogens with zero attached hydrogens (tertiary/aromatic N) is 1. The average Bonchev–Trinajstić information content (AvgIpc) is 1.87. The molecular weight excluding hydrogens is 170 g/mol. The van der Waals surface area contributed by atoms with Crippen LogP contribution in [-0.2, 0) is 0 Å². The quantitative estimate of drug-likeness (QED) is 0.514. The maximum absolute atomic E-state index is 4.99. The van der Waals surface area contributed by atoms with E-state index in [2.05, 4.69) is 19.7 Å². The van der Waals surface area contributed by atoms with Gasteiger partial charge in [0.05, 0.1) is 0 Å². The Bertz CT molecular complexity index is 94.2. The third-order valence-electron chi connectivity index (χ3n) is 0.778. The van der Waals surface area contributed by atoms with Gasteiger partial charge in [0.2, 0.25) is 0 Å². The molecule has 0 fully saturated rings. The van der Waals surface area contributed by atoms with Gasteiger partial charge in [-0.15, -0.1) is 0 Å². The number of thioether (sulfide) groups is 1. The van der Waals surface area contributed by atoms with Gasteiger partial charge < -0.3 is 4.31 Å². The molecule has 9 heavy (non-hydrogen) atoms. The summed E-state index contributed by atoms with van der Waals surface area (Å²) in [6.07, 6.45) is 0. The summed E-state index contributed by atoms with van der Waals surface area (Å²) in [7, 11) is 0. The lowest BCUT2D eigenvalue weighted by Gasteiger charge is -2.13. The highest BCUT2D eigenvalue weighted by molar-refractivity contribution is 8.23. The lowest BCUT2D eigenvalue weighted by molar-refractivity contribution is 0.748. The van der Waals surface area contributed by atoms with E-state index < -0.39 is 0 Å². The van der Waals surface area contributed by atoms with Crippen LogP contribution in [0.4, 0.5) is 0 Å². The molecule has 0 aliphatic heterocycles. The summed E-state index contributed by atoms with van der Waals surface area (Å²) in [5, 5.41) is 0. The highest BCUT2D eigenvalue weighted by Gasteiger charge is 1.99. The average molecular weight is 181 g/mol. The maximum atomic E-state index is 4.99. The summed E-state index contributed by atoms with van der Waals surface area (Å²) in [6.45, 7) is 4.97. The van der Waals surface area contributed by atoms with E-state index in [0.717, 1.165) is 16.6 Å². The van der Waals surface area contributed by atoms with Gasteiger partial charge in [-0.25, -0.2) is 0 Å². The highest BCUT2D eigenvalue weighted by atomic mass is 32.2. The zero-order chi connectivity index (χ0) is 7.28. The van der Waals surface area contributed by atoms with Crippen molar-refractivity contribution in [3.05, 3.63) is 0 Å². The first-order chi connectivity index (χ1) is 4.22. The van der Waals surface area contributed by atoms with E-state index in [1.807, 2.05) is 6.92 Å². The van der Waals surface area contributed by atoms with E-state index in [1.54, 1.807) is 16.1 Å². The van der Waals surface area contributed by atoms with Crippen LogP contribution in [0.1, 0.15) is 13.8 Å². The SMILES string of the molecule is CCSC(=S)N(S)CC. The monoisotopic (exact) mass is 181 g/mol. The van der Waals surface area contributed by atoms with Gasteiger partial charge in [-0.2, -0.15) is 0 Å². The Morgan fingerprint density at radius 2 is 2.22 bits per heavy atom. The van der Waals surface area contributed by atoms with E-state index in [4.69, 9.17) is 12.2 Å². The van der Waals surface area contributed by atoms with Gasteiger partial charge in [0.1, 0.15) is 4.32 Å². The Hall–Kier alpha value is 0.590. The molecule has 0 bridgehead atoms. The molecule has 0 aromatic heterocycles. The lowest BCUT2D eigenvalue weighted by Crippen LogP contribution is -2.15. The minimum atomic E-state index is 0.864. The van der Waals surface area contributed by atoms with Crippen LogP contribution >= 0.6 is 36.8 Å². The molecule has 0 N–H and O–H groups in total. The van der Waals surface area contributed by atoms with Crippen molar-refractivity contribution in [2.24, 2.45) is 0 Å². The summed E-state index contributed by atoms with van der Waals surface area (Å²) >= 11 is 10.8. The summed E-state index contributed by atoms with van der Waals surface area (Å²) in [6, 6.07) is 0. The zero-order valence-corrected chi connectivity index (χ0v) is 8.15. The standard InChI is InChI=1S/C5H11NS3/c1-3-6(8)5(7)9-4-2/h8H,3-4H2,1-2H3. The minimum Gasteiger partial charge on any atom is -0.304 e. The molecule has 0 atom stereocenters. The second kappa shape index (κ2) is 5.38. The van der Waals surface area contributed by atoms with Gasteiger partial charge in [0.15, 0.2) is 0 Å². The Morgan fingerprint density at radius 1 is 1.67 bits per heavy atom. The fourth-order valence-corrected chi connectivity index (χ4v) is 1.51. The van der Waals surface area contributed by atoms with Crippen molar-refractivity contribution in [1.82, 2.24) is 4.31 Å². The molecule has 0 aromatic carbocycles. The predicted molar refractivity (Wildman–Crippen MR) is 52.1 cm³/mol. The molecule has 0 radical (unpaired) electrons. The third kappa shape index (κ3) is 4.06. The fraction of sp³-hybridized carbons (Fsp3) is 0.800. The zero-order valence-electron chi connectivity index (χ0n) is 5.63. The first kappa shape index (κ1) is 9.59. The van der Waals surface area contributed by atoms with Crippen molar-refractivity contribution in [2.75, 3.05) is 12.3 Å². The van der Waals surface area contributed by atoms with E-state index in [1.165, 1.54) is 0 Å². The van der Waals surface area contributed by atoms with Crippen LogP contribution in [0.25, 0.3) is 0 Å². The molecule has 0 rings (SSSR count). The van der Waals surface area contributed by atoms with E-state index in [9.17, 15) is 0 Å². The van der Waals surface area contributed by atoms with Crippen LogP contribution in [0.2, 0.25) is 0 Å². The van der Waals surface area contributed by atoms with Gasteiger partial charge in [-0.3, -0.25) is 0 Å². The minimum absolute atomic E-state index is 0.864. The van der Waals surface area contributed by atoms with E-state index in [-0.39, 0.29) is 0 Å². The largest absolute Gasteiger partial charge is 0.304 e. The smallest absolute Gasteiger partial charge is 0.146 e. The predicted octanol–water partition coefficient (Wildman–Crippen LogP) is 2.19. The molecule has 1 nitrogen and oxygen atoms in total. The molecular formula is C5H11NS3. The molecule has 0 amide bonds. The maximum Gasteiger partial charge on any atom is 0.146 e. The van der Waals surface area contributed by atoms with Crippen molar-refractivity contribution in [3.63, 3.8) is 0 Å². The first-order valence-corrected chi connectivity index (χ1v) is 4.64. The first-order valence-electron chi connectivity index (χ1n) is 2.85. The van der Waals surface area contributed by atoms with Crippen molar-refractivity contribution >= 4 is 41.1 Å². The highest BCUT2D eigenvalue weighted by Crippen LogP contribution is 2.09. The molecule has 54 valence electrons. The van der Waals surface area contributed by atoms with Crippen LogP contribution in [0, 0.1) is 0 Å². The topological polar surface area (TPSA) is 3.24 Å². The number of thiocarbonyl (C=S) groups is 1. The van der Waals surface area contributed by atoms with Crippen molar-refractivity contribution in [3.8, 4) is 0 Å². The molecule has 0 saturated carbocycles. The second-order valence-electron chi connectivity index (χ2n) is 1.41. The summed E-state index contributed by atoms with van der Waals surface area (Å²) in [4.78, 5) is 0. The number of rotatable bonds is 2. The molecule has 0 saturated heterocycles. The van der Waals surface area contributed by atoms with E-state index in [0.29, 0.717) is 0 Å². The van der Waals surface area contributed by atoms with Gasteiger partial charge in [-0.05, 0) is 12.7 Å². The third-order valence-corrected chi connectivity index (χ3v) is 2.86. The molecule has 4 heteroatoms.